The molecule has 0 bridgehead atoms. The number of hydrogen-bond acceptors (Lipinski definition) is 6. The summed E-state index contributed by atoms with van der Waals surface area (Å²) in [6.45, 7) is 3.81. The van der Waals surface area contributed by atoms with Gasteiger partial charge >= 0.3 is 6.03 Å². The molecule has 0 aromatic heterocycles. The molecule has 1 aromatic carbocycles. The van der Waals surface area contributed by atoms with E-state index in [0.29, 0.717) is 36.2 Å². The van der Waals surface area contributed by atoms with Gasteiger partial charge in [0.05, 0.1) is 5.75 Å². The molecule has 0 radical (unpaired) electrons. The smallest absolute Gasteiger partial charge is 0.322 e. The zero-order valence-electron chi connectivity index (χ0n) is 17.9. The summed E-state index contributed by atoms with van der Waals surface area (Å²) in [6, 6.07) is 4.61. The van der Waals surface area contributed by atoms with Crippen LogP contribution in [-0.2, 0) is 19.4 Å². The van der Waals surface area contributed by atoms with Crippen molar-refractivity contribution in [3.05, 3.63) is 28.2 Å². The Morgan fingerprint density at radius 1 is 1.12 bits per heavy atom. The first kappa shape index (κ1) is 24.6. The number of amides is 4. The van der Waals surface area contributed by atoms with Gasteiger partial charge in [0.15, 0.2) is 0 Å². The van der Waals surface area contributed by atoms with Crippen molar-refractivity contribution in [2.45, 2.75) is 25.3 Å². The highest BCUT2D eigenvalue weighted by atomic mass is 35.5. The molecule has 0 aliphatic carbocycles. The van der Waals surface area contributed by atoms with Crippen LogP contribution in [0.3, 0.4) is 0 Å². The van der Waals surface area contributed by atoms with E-state index < -0.39 is 33.2 Å². The fourth-order valence-electron chi connectivity index (χ4n) is 4.14. The van der Waals surface area contributed by atoms with Crippen molar-refractivity contribution in [1.29, 1.82) is 0 Å². The first-order chi connectivity index (χ1) is 14.9. The third kappa shape index (κ3) is 5.85. The molecule has 12 heteroatoms. The van der Waals surface area contributed by atoms with Gasteiger partial charge in [-0.15, -0.1) is 0 Å². The molecular weight excluding hydrogens is 479 g/mol. The number of sulfone groups is 1. The average molecular weight is 505 g/mol. The molecule has 0 saturated carbocycles. The summed E-state index contributed by atoms with van der Waals surface area (Å²) in [7, 11) is -3.36. The van der Waals surface area contributed by atoms with Gasteiger partial charge in [0, 0.05) is 54.1 Å². The van der Waals surface area contributed by atoms with Crippen molar-refractivity contribution < 1.29 is 22.8 Å². The van der Waals surface area contributed by atoms with Crippen molar-refractivity contribution in [2.75, 3.05) is 43.1 Å². The number of carbonyl (C=O) groups excluding carboxylic acids is 3. The molecule has 4 amide bonds. The number of carbonyl (C=O) groups is 3. The molecule has 2 N–H and O–H groups in total. The van der Waals surface area contributed by atoms with Gasteiger partial charge in [-0.05, 0) is 31.0 Å². The lowest BCUT2D eigenvalue weighted by molar-refractivity contribution is -0.136. The molecule has 2 aliphatic rings. The van der Waals surface area contributed by atoms with Gasteiger partial charge in [-0.1, -0.05) is 30.1 Å². The molecule has 176 valence electrons. The van der Waals surface area contributed by atoms with Crippen molar-refractivity contribution >= 4 is 56.6 Å². The highest BCUT2D eigenvalue weighted by Gasteiger charge is 2.48. The predicted molar refractivity (Wildman–Crippen MR) is 123 cm³/mol. The monoisotopic (exact) mass is 504 g/mol. The summed E-state index contributed by atoms with van der Waals surface area (Å²) in [4.78, 5) is 41.1. The molecule has 9 nitrogen and oxygen atoms in total. The van der Waals surface area contributed by atoms with E-state index in [-0.39, 0.29) is 24.5 Å². The SMILES string of the molecule is C[C@@H](C[C@@]1(CCS(C)(=O)=O)NC(=O)NC1=O)C(=O)N1CCN(c2cc(Cl)cc(Cl)c2)CC1. The van der Waals surface area contributed by atoms with E-state index >= 15 is 0 Å². The Balaban J connectivity index is 1.64. The Kier molecular flexibility index (Phi) is 7.26. The van der Waals surface area contributed by atoms with Crippen LogP contribution in [0, 0.1) is 5.92 Å². The normalized spacial score (nSPS) is 22.5. The second-order valence-corrected chi connectivity index (χ2v) is 11.5. The van der Waals surface area contributed by atoms with Crippen LogP contribution < -0.4 is 15.5 Å². The number of hydrogen-bond donors (Lipinski definition) is 2. The van der Waals surface area contributed by atoms with Gasteiger partial charge in [-0.25, -0.2) is 13.2 Å². The topological polar surface area (TPSA) is 116 Å². The van der Waals surface area contributed by atoms with Crippen molar-refractivity contribution in [1.82, 2.24) is 15.5 Å². The highest BCUT2D eigenvalue weighted by molar-refractivity contribution is 7.90. The van der Waals surface area contributed by atoms with E-state index in [4.69, 9.17) is 23.2 Å². The fourth-order valence-corrected chi connectivity index (χ4v) is 5.37. The Hall–Kier alpha value is -2.04. The molecule has 2 heterocycles. The molecule has 0 spiro atoms. The van der Waals surface area contributed by atoms with Crippen LogP contribution in [-0.4, -0.2) is 74.9 Å². The number of piperazine rings is 1. The standard InChI is InChI=1S/C20H26Cl2N4O5S/c1-13(12-20(3-8-32(2,30)31)18(28)23-19(29)24-20)17(27)26-6-4-25(5-7-26)16-10-14(21)9-15(22)11-16/h9-11,13H,3-8,12H2,1-2H3,(H2,23,24,28,29)/t13-,20+/m0/s1. The molecule has 2 saturated heterocycles. The van der Waals surface area contributed by atoms with E-state index in [1.165, 1.54) is 0 Å². The summed E-state index contributed by atoms with van der Waals surface area (Å²) in [5.74, 6) is -1.62. The van der Waals surface area contributed by atoms with E-state index in [2.05, 4.69) is 15.5 Å². The van der Waals surface area contributed by atoms with E-state index in [9.17, 15) is 22.8 Å². The maximum Gasteiger partial charge on any atom is 0.322 e. The minimum Gasteiger partial charge on any atom is -0.368 e. The van der Waals surface area contributed by atoms with Crippen molar-refractivity contribution in [3.8, 4) is 0 Å². The predicted octanol–water partition coefficient (Wildman–Crippen LogP) is 1.68. The van der Waals surface area contributed by atoms with Gasteiger partial charge in [-0.2, -0.15) is 0 Å². The lowest BCUT2D eigenvalue weighted by Crippen LogP contribution is -2.53. The Morgan fingerprint density at radius 3 is 2.22 bits per heavy atom. The Labute approximate surface area is 197 Å². The number of nitrogens with one attached hydrogen (secondary N) is 2. The maximum atomic E-state index is 13.1. The van der Waals surface area contributed by atoms with Crippen LogP contribution >= 0.6 is 23.2 Å². The second-order valence-electron chi connectivity index (χ2n) is 8.42. The zero-order chi connectivity index (χ0) is 23.7. The van der Waals surface area contributed by atoms with Crippen molar-refractivity contribution in [3.63, 3.8) is 0 Å². The molecule has 32 heavy (non-hydrogen) atoms. The van der Waals surface area contributed by atoms with Crippen molar-refractivity contribution in [2.24, 2.45) is 5.92 Å². The fraction of sp³-hybridized carbons (Fsp3) is 0.550. The third-order valence-corrected chi connectivity index (χ3v) is 7.18. The van der Waals surface area contributed by atoms with Gasteiger partial charge in [-0.3, -0.25) is 14.9 Å². The lowest BCUT2D eigenvalue weighted by Gasteiger charge is -2.38. The summed E-state index contributed by atoms with van der Waals surface area (Å²) in [6.07, 6.45) is 0.990. The largest absolute Gasteiger partial charge is 0.368 e. The molecule has 2 aliphatic heterocycles. The molecule has 1 aromatic rings. The summed E-state index contributed by atoms with van der Waals surface area (Å²) in [5, 5.41) is 5.79. The summed E-state index contributed by atoms with van der Waals surface area (Å²) >= 11 is 12.2. The van der Waals surface area contributed by atoms with Crippen LogP contribution in [0.4, 0.5) is 10.5 Å². The first-order valence-electron chi connectivity index (χ1n) is 10.2. The van der Waals surface area contributed by atoms with E-state index in [0.717, 1.165) is 11.9 Å². The quantitative estimate of drug-likeness (QED) is 0.545. The minimum absolute atomic E-state index is 0.0169. The molecule has 2 fully saturated rings. The summed E-state index contributed by atoms with van der Waals surface area (Å²) in [5.41, 5.74) is -0.540. The van der Waals surface area contributed by atoms with Gasteiger partial charge in [0.2, 0.25) is 5.91 Å². The first-order valence-corrected chi connectivity index (χ1v) is 13.0. The average Bonchev–Trinajstić information content (AvgIpc) is 2.98. The lowest BCUT2D eigenvalue weighted by atomic mass is 9.85. The Morgan fingerprint density at radius 2 is 1.72 bits per heavy atom. The molecule has 0 unspecified atom stereocenters. The zero-order valence-corrected chi connectivity index (χ0v) is 20.2. The number of imide groups is 1. The van der Waals surface area contributed by atoms with Crippen LogP contribution in [0.25, 0.3) is 0 Å². The molecule has 3 rings (SSSR count). The maximum absolute atomic E-state index is 13.1. The second kappa shape index (κ2) is 9.44. The number of benzene rings is 1. The van der Waals surface area contributed by atoms with Crippen LogP contribution in [0.15, 0.2) is 18.2 Å². The number of rotatable bonds is 7. The number of urea groups is 1. The number of anilines is 1. The highest BCUT2D eigenvalue weighted by Crippen LogP contribution is 2.29. The number of nitrogens with zero attached hydrogens (tertiary/aromatic N) is 2. The van der Waals surface area contributed by atoms with Crippen LogP contribution in [0.2, 0.25) is 10.0 Å². The third-order valence-electron chi connectivity index (χ3n) is 5.79. The minimum atomic E-state index is -3.36. The van der Waals surface area contributed by atoms with E-state index in [1.807, 2.05) is 12.1 Å². The van der Waals surface area contributed by atoms with Crippen LogP contribution in [0.1, 0.15) is 19.8 Å². The summed E-state index contributed by atoms with van der Waals surface area (Å²) < 4.78 is 23.3. The molecular formula is C20H26Cl2N4O5S. The van der Waals surface area contributed by atoms with Gasteiger partial charge in [0.25, 0.3) is 5.91 Å². The Bertz CT molecular complexity index is 1010. The van der Waals surface area contributed by atoms with E-state index in [1.54, 1.807) is 17.9 Å². The molecule has 2 atom stereocenters. The number of halogens is 2. The van der Waals surface area contributed by atoms with Gasteiger partial charge < -0.3 is 15.1 Å². The van der Waals surface area contributed by atoms with Crippen LogP contribution in [0.5, 0.6) is 0 Å². The van der Waals surface area contributed by atoms with Gasteiger partial charge in [0.1, 0.15) is 15.4 Å².